The Morgan fingerprint density at radius 3 is 2.11 bits per heavy atom. The van der Waals surface area contributed by atoms with E-state index in [-0.39, 0.29) is 11.8 Å². The number of alkyl halides is 3. The number of carbonyl (C=O) groups is 1. The normalized spacial score (nSPS) is 19.1. The maximum absolute atomic E-state index is 12.5. The zero-order valence-corrected chi connectivity index (χ0v) is 10.6. The molecule has 19 heavy (non-hydrogen) atoms. The van der Waals surface area contributed by atoms with Gasteiger partial charge in [-0.15, -0.1) is 0 Å². The molecule has 0 amide bonds. The van der Waals surface area contributed by atoms with Gasteiger partial charge in [-0.3, -0.25) is 0 Å². The number of hydrogen-bond acceptors (Lipinski definition) is 1. The zero-order valence-electron chi connectivity index (χ0n) is 10.6. The van der Waals surface area contributed by atoms with E-state index in [4.69, 9.17) is 0 Å². The number of aldehydes is 1. The molecule has 0 spiro atoms. The van der Waals surface area contributed by atoms with E-state index in [2.05, 4.69) is 0 Å². The van der Waals surface area contributed by atoms with E-state index in [0.29, 0.717) is 5.56 Å². The van der Waals surface area contributed by atoms with Gasteiger partial charge in [-0.2, -0.15) is 13.2 Å². The smallest absolute Gasteiger partial charge is 0.303 e. The third-order valence-corrected chi connectivity index (χ3v) is 3.93. The summed E-state index contributed by atoms with van der Waals surface area (Å²) in [6.45, 7) is 0. The van der Waals surface area contributed by atoms with Gasteiger partial charge in [0.05, 0.1) is 5.56 Å². The first kappa shape index (κ1) is 14.1. The first-order valence-corrected chi connectivity index (χ1v) is 6.65. The van der Waals surface area contributed by atoms with Gasteiger partial charge < -0.3 is 4.79 Å². The van der Waals surface area contributed by atoms with Crippen LogP contribution in [0.5, 0.6) is 0 Å². The lowest BCUT2D eigenvalue weighted by Gasteiger charge is -2.27. The predicted octanol–water partition coefficient (Wildman–Crippen LogP) is 4.57. The lowest BCUT2D eigenvalue weighted by Crippen LogP contribution is -2.17. The molecule has 0 N–H and O–H groups in total. The second kappa shape index (κ2) is 5.76. The number of carbonyl (C=O) groups excluding carboxylic acids is 1. The standard InChI is InChI=1S/C15H17F3O/c16-15(17,18)13-8-6-12(7-9-13)14(10-19)11-4-2-1-3-5-11/h6-11,14H,1-5H2. The van der Waals surface area contributed by atoms with Crippen LogP contribution in [0.3, 0.4) is 0 Å². The average molecular weight is 270 g/mol. The molecule has 0 heterocycles. The maximum atomic E-state index is 12.5. The molecule has 1 saturated carbocycles. The lowest BCUT2D eigenvalue weighted by atomic mass is 9.77. The molecule has 1 aliphatic rings. The van der Waals surface area contributed by atoms with Crippen LogP contribution in [0.4, 0.5) is 13.2 Å². The average Bonchev–Trinajstić information content (AvgIpc) is 2.40. The number of rotatable bonds is 3. The highest BCUT2D eigenvalue weighted by Gasteiger charge is 2.31. The molecule has 1 aromatic carbocycles. The first-order chi connectivity index (χ1) is 9.02. The van der Waals surface area contributed by atoms with E-state index in [9.17, 15) is 18.0 Å². The van der Waals surface area contributed by atoms with Crippen molar-refractivity contribution < 1.29 is 18.0 Å². The maximum Gasteiger partial charge on any atom is 0.416 e. The van der Waals surface area contributed by atoms with Gasteiger partial charge in [0.25, 0.3) is 0 Å². The van der Waals surface area contributed by atoms with Gasteiger partial charge in [0, 0.05) is 5.92 Å². The molecular weight excluding hydrogens is 253 g/mol. The van der Waals surface area contributed by atoms with Crippen molar-refractivity contribution in [1.29, 1.82) is 0 Å². The predicted molar refractivity (Wildman–Crippen MR) is 66.8 cm³/mol. The minimum absolute atomic E-state index is 0.261. The monoisotopic (exact) mass is 270 g/mol. The quantitative estimate of drug-likeness (QED) is 0.735. The molecule has 1 fully saturated rings. The van der Waals surface area contributed by atoms with Crippen LogP contribution in [-0.4, -0.2) is 6.29 Å². The van der Waals surface area contributed by atoms with E-state index in [1.54, 1.807) is 0 Å². The Hall–Kier alpha value is -1.32. The topological polar surface area (TPSA) is 17.1 Å². The third-order valence-electron chi connectivity index (χ3n) is 3.93. The van der Waals surface area contributed by atoms with E-state index in [1.165, 1.54) is 18.6 Å². The fourth-order valence-electron chi connectivity index (χ4n) is 2.85. The van der Waals surface area contributed by atoms with E-state index < -0.39 is 11.7 Å². The van der Waals surface area contributed by atoms with E-state index >= 15 is 0 Å². The van der Waals surface area contributed by atoms with Gasteiger partial charge in [0.1, 0.15) is 6.29 Å². The van der Waals surface area contributed by atoms with Crippen LogP contribution in [-0.2, 0) is 11.0 Å². The highest BCUT2D eigenvalue weighted by molar-refractivity contribution is 5.62. The molecule has 2 rings (SSSR count). The third kappa shape index (κ3) is 3.37. The van der Waals surface area contributed by atoms with Crippen molar-refractivity contribution in [2.45, 2.75) is 44.2 Å². The highest BCUT2D eigenvalue weighted by Crippen LogP contribution is 2.36. The largest absolute Gasteiger partial charge is 0.416 e. The molecule has 0 bridgehead atoms. The molecule has 1 aromatic rings. The second-order valence-corrected chi connectivity index (χ2v) is 5.18. The summed E-state index contributed by atoms with van der Waals surface area (Å²) in [6, 6.07) is 5.01. The Morgan fingerprint density at radius 1 is 1.05 bits per heavy atom. The molecular formula is C15H17F3O. The number of halogens is 3. The van der Waals surface area contributed by atoms with Crippen LogP contribution in [0.1, 0.15) is 49.1 Å². The minimum atomic E-state index is -4.32. The molecule has 0 saturated heterocycles. The molecule has 1 atom stereocenters. The van der Waals surface area contributed by atoms with Crippen molar-refractivity contribution in [2.24, 2.45) is 5.92 Å². The zero-order chi connectivity index (χ0) is 13.9. The molecule has 1 nitrogen and oxygen atoms in total. The Kier molecular flexibility index (Phi) is 4.27. The molecule has 104 valence electrons. The molecule has 1 unspecified atom stereocenters. The lowest BCUT2D eigenvalue weighted by molar-refractivity contribution is -0.137. The summed E-state index contributed by atoms with van der Waals surface area (Å²) in [4.78, 5) is 11.3. The van der Waals surface area contributed by atoms with E-state index in [1.807, 2.05) is 0 Å². The van der Waals surface area contributed by atoms with Gasteiger partial charge in [-0.1, -0.05) is 31.4 Å². The van der Waals surface area contributed by atoms with Gasteiger partial charge in [0.2, 0.25) is 0 Å². The van der Waals surface area contributed by atoms with Crippen LogP contribution in [0.2, 0.25) is 0 Å². The minimum Gasteiger partial charge on any atom is -0.303 e. The van der Waals surface area contributed by atoms with Crippen LogP contribution in [0.15, 0.2) is 24.3 Å². The van der Waals surface area contributed by atoms with Gasteiger partial charge >= 0.3 is 6.18 Å². The molecule has 1 aliphatic carbocycles. The van der Waals surface area contributed by atoms with Gasteiger partial charge in [-0.25, -0.2) is 0 Å². The Bertz CT molecular complexity index is 416. The van der Waals surface area contributed by atoms with Crippen molar-refractivity contribution in [3.8, 4) is 0 Å². The van der Waals surface area contributed by atoms with Crippen LogP contribution >= 0.6 is 0 Å². The number of hydrogen-bond donors (Lipinski definition) is 0. The summed E-state index contributed by atoms with van der Waals surface area (Å²) in [5, 5.41) is 0. The Balaban J connectivity index is 2.16. The molecule has 0 radical (unpaired) electrons. The summed E-state index contributed by atoms with van der Waals surface area (Å²) >= 11 is 0. The summed E-state index contributed by atoms with van der Waals surface area (Å²) in [7, 11) is 0. The van der Waals surface area contributed by atoms with Gasteiger partial charge in [-0.05, 0) is 36.5 Å². The van der Waals surface area contributed by atoms with Crippen LogP contribution < -0.4 is 0 Å². The second-order valence-electron chi connectivity index (χ2n) is 5.18. The number of benzene rings is 1. The first-order valence-electron chi connectivity index (χ1n) is 6.65. The van der Waals surface area contributed by atoms with Crippen LogP contribution in [0, 0.1) is 5.92 Å². The fourth-order valence-corrected chi connectivity index (χ4v) is 2.85. The van der Waals surface area contributed by atoms with E-state index in [0.717, 1.165) is 44.1 Å². The van der Waals surface area contributed by atoms with Crippen molar-refractivity contribution in [2.75, 3.05) is 0 Å². The van der Waals surface area contributed by atoms with Crippen LogP contribution in [0.25, 0.3) is 0 Å². The summed E-state index contributed by atoms with van der Waals surface area (Å²) in [6.07, 6.45) is 1.95. The van der Waals surface area contributed by atoms with Crippen molar-refractivity contribution in [3.05, 3.63) is 35.4 Å². The summed E-state index contributed by atoms with van der Waals surface area (Å²) < 4.78 is 37.5. The summed E-state index contributed by atoms with van der Waals surface area (Å²) in [5.41, 5.74) is 0.0412. The Morgan fingerprint density at radius 2 is 1.63 bits per heavy atom. The highest BCUT2D eigenvalue weighted by atomic mass is 19.4. The molecule has 0 aromatic heterocycles. The Labute approximate surface area is 110 Å². The van der Waals surface area contributed by atoms with Gasteiger partial charge in [0.15, 0.2) is 0 Å². The van der Waals surface area contributed by atoms with Crippen molar-refractivity contribution in [3.63, 3.8) is 0 Å². The van der Waals surface area contributed by atoms with Crippen molar-refractivity contribution >= 4 is 6.29 Å². The fraction of sp³-hybridized carbons (Fsp3) is 0.533. The molecule has 4 heteroatoms. The SMILES string of the molecule is O=CC(c1ccc(C(F)(F)F)cc1)C1CCCCC1. The summed E-state index contributed by atoms with van der Waals surface area (Å²) in [5.74, 6) is 0.0190. The molecule has 0 aliphatic heterocycles. The van der Waals surface area contributed by atoms with Crippen molar-refractivity contribution in [1.82, 2.24) is 0 Å².